The van der Waals surface area contributed by atoms with E-state index >= 15 is 0 Å². The van der Waals surface area contributed by atoms with Crippen LogP contribution in [-0.2, 0) is 17.9 Å². The molecule has 0 radical (unpaired) electrons. The SMILES string of the molecule is CCC(N)C(=O)N1Cc2ccc(C(=O)O)cc2C1. The molecule has 1 atom stereocenters. The van der Waals surface area contributed by atoms with E-state index in [2.05, 4.69) is 0 Å². The number of carboxylic acid groups (broad SMARTS) is 1. The smallest absolute Gasteiger partial charge is 0.335 e. The van der Waals surface area contributed by atoms with Crippen molar-refractivity contribution in [1.29, 1.82) is 0 Å². The summed E-state index contributed by atoms with van der Waals surface area (Å²) in [5.74, 6) is -1.03. The van der Waals surface area contributed by atoms with Crippen LogP contribution in [0.4, 0.5) is 0 Å². The molecule has 2 rings (SSSR count). The van der Waals surface area contributed by atoms with E-state index in [0.29, 0.717) is 19.5 Å². The van der Waals surface area contributed by atoms with Gasteiger partial charge < -0.3 is 15.7 Å². The van der Waals surface area contributed by atoms with Crippen LogP contribution >= 0.6 is 0 Å². The minimum atomic E-state index is -0.951. The topological polar surface area (TPSA) is 83.6 Å². The van der Waals surface area contributed by atoms with E-state index in [-0.39, 0.29) is 11.5 Å². The molecule has 96 valence electrons. The molecule has 0 spiro atoms. The fraction of sp³-hybridized carbons (Fsp3) is 0.385. The molecule has 1 heterocycles. The number of hydrogen-bond donors (Lipinski definition) is 2. The Hall–Kier alpha value is -1.88. The summed E-state index contributed by atoms with van der Waals surface area (Å²) in [5.41, 5.74) is 7.87. The van der Waals surface area contributed by atoms with Gasteiger partial charge in [-0.05, 0) is 29.7 Å². The molecule has 1 aliphatic heterocycles. The molecule has 1 aliphatic rings. The molecule has 0 saturated heterocycles. The Bertz CT molecular complexity index is 499. The van der Waals surface area contributed by atoms with Crippen LogP contribution in [-0.4, -0.2) is 27.9 Å². The maximum atomic E-state index is 11.9. The molecule has 3 N–H and O–H groups in total. The number of aromatic carboxylic acids is 1. The number of amides is 1. The van der Waals surface area contributed by atoms with Gasteiger partial charge in [0.25, 0.3) is 0 Å². The molecular weight excluding hydrogens is 232 g/mol. The summed E-state index contributed by atoms with van der Waals surface area (Å²) in [6.45, 7) is 2.83. The number of nitrogens with two attached hydrogens (primary N) is 1. The van der Waals surface area contributed by atoms with E-state index < -0.39 is 12.0 Å². The highest BCUT2D eigenvalue weighted by molar-refractivity contribution is 5.88. The predicted octanol–water partition coefficient (Wildman–Crippen LogP) is 0.964. The number of benzene rings is 1. The minimum Gasteiger partial charge on any atom is -0.478 e. The number of carbonyl (C=O) groups is 2. The zero-order valence-electron chi connectivity index (χ0n) is 10.2. The molecule has 1 amide bonds. The Balaban J connectivity index is 2.18. The molecule has 0 fully saturated rings. The highest BCUT2D eigenvalue weighted by atomic mass is 16.4. The number of fused-ring (bicyclic) bond motifs is 1. The van der Waals surface area contributed by atoms with Crippen LogP contribution in [0.2, 0.25) is 0 Å². The number of nitrogens with zero attached hydrogens (tertiary/aromatic N) is 1. The van der Waals surface area contributed by atoms with Crippen molar-refractivity contribution in [3.05, 3.63) is 34.9 Å². The lowest BCUT2D eigenvalue weighted by Gasteiger charge is -2.19. The van der Waals surface area contributed by atoms with Gasteiger partial charge in [0.05, 0.1) is 11.6 Å². The van der Waals surface area contributed by atoms with Crippen LogP contribution < -0.4 is 5.73 Å². The third kappa shape index (κ3) is 2.22. The molecule has 1 aromatic rings. The van der Waals surface area contributed by atoms with Gasteiger partial charge in [-0.25, -0.2) is 4.79 Å². The zero-order valence-corrected chi connectivity index (χ0v) is 10.2. The van der Waals surface area contributed by atoms with E-state index in [4.69, 9.17) is 10.8 Å². The Labute approximate surface area is 105 Å². The lowest BCUT2D eigenvalue weighted by atomic mass is 10.1. The van der Waals surface area contributed by atoms with Gasteiger partial charge in [-0.1, -0.05) is 13.0 Å². The summed E-state index contributed by atoms with van der Waals surface area (Å²) in [6, 6.07) is 4.49. The summed E-state index contributed by atoms with van der Waals surface area (Å²) in [6.07, 6.45) is 0.603. The van der Waals surface area contributed by atoms with Gasteiger partial charge in [0.15, 0.2) is 0 Å². The second-order valence-corrected chi connectivity index (χ2v) is 4.50. The summed E-state index contributed by atoms with van der Waals surface area (Å²) in [4.78, 5) is 24.5. The predicted molar refractivity (Wildman–Crippen MR) is 65.9 cm³/mol. The van der Waals surface area contributed by atoms with Crippen molar-refractivity contribution >= 4 is 11.9 Å². The van der Waals surface area contributed by atoms with Crippen molar-refractivity contribution in [2.75, 3.05) is 0 Å². The molecule has 0 saturated carbocycles. The highest BCUT2D eigenvalue weighted by Crippen LogP contribution is 2.24. The molecule has 0 aliphatic carbocycles. The molecule has 0 aromatic heterocycles. The van der Waals surface area contributed by atoms with Crippen molar-refractivity contribution in [3.63, 3.8) is 0 Å². The second kappa shape index (κ2) is 4.78. The van der Waals surface area contributed by atoms with Crippen molar-refractivity contribution in [3.8, 4) is 0 Å². The molecule has 1 aromatic carbocycles. The first kappa shape index (κ1) is 12.6. The molecule has 5 heteroatoms. The average molecular weight is 248 g/mol. The molecular formula is C13H16N2O3. The zero-order chi connectivity index (χ0) is 13.3. The van der Waals surface area contributed by atoms with E-state index in [9.17, 15) is 9.59 Å². The fourth-order valence-electron chi connectivity index (χ4n) is 2.09. The van der Waals surface area contributed by atoms with Gasteiger partial charge >= 0.3 is 5.97 Å². The Morgan fingerprint density at radius 3 is 2.67 bits per heavy atom. The van der Waals surface area contributed by atoms with Gasteiger partial charge in [0.1, 0.15) is 0 Å². The summed E-state index contributed by atoms with van der Waals surface area (Å²) in [7, 11) is 0. The summed E-state index contributed by atoms with van der Waals surface area (Å²) >= 11 is 0. The monoisotopic (exact) mass is 248 g/mol. The molecule has 0 bridgehead atoms. The van der Waals surface area contributed by atoms with Gasteiger partial charge in [-0.3, -0.25) is 4.79 Å². The van der Waals surface area contributed by atoms with Crippen LogP contribution in [0.3, 0.4) is 0 Å². The van der Waals surface area contributed by atoms with Crippen molar-refractivity contribution in [1.82, 2.24) is 4.90 Å². The van der Waals surface area contributed by atoms with Crippen LogP contribution in [0.15, 0.2) is 18.2 Å². The van der Waals surface area contributed by atoms with E-state index in [1.165, 1.54) is 0 Å². The largest absolute Gasteiger partial charge is 0.478 e. The van der Waals surface area contributed by atoms with E-state index in [1.807, 2.05) is 6.92 Å². The lowest BCUT2D eigenvalue weighted by Crippen LogP contribution is -2.40. The first-order chi connectivity index (χ1) is 8.52. The van der Waals surface area contributed by atoms with Crippen molar-refractivity contribution in [2.45, 2.75) is 32.5 Å². The van der Waals surface area contributed by atoms with Crippen LogP contribution in [0.1, 0.15) is 34.8 Å². The Morgan fingerprint density at radius 1 is 1.39 bits per heavy atom. The van der Waals surface area contributed by atoms with Gasteiger partial charge in [-0.2, -0.15) is 0 Å². The quantitative estimate of drug-likeness (QED) is 0.834. The Kier molecular flexibility index (Phi) is 3.34. The van der Waals surface area contributed by atoms with E-state index in [1.54, 1.807) is 23.1 Å². The summed E-state index contributed by atoms with van der Waals surface area (Å²) < 4.78 is 0. The molecule has 5 nitrogen and oxygen atoms in total. The van der Waals surface area contributed by atoms with Gasteiger partial charge in [0.2, 0.25) is 5.91 Å². The molecule has 1 unspecified atom stereocenters. The molecule has 18 heavy (non-hydrogen) atoms. The first-order valence-electron chi connectivity index (χ1n) is 5.92. The maximum Gasteiger partial charge on any atom is 0.335 e. The van der Waals surface area contributed by atoms with Crippen LogP contribution in [0, 0.1) is 0 Å². The number of carboxylic acids is 1. The first-order valence-corrected chi connectivity index (χ1v) is 5.92. The number of rotatable bonds is 3. The van der Waals surface area contributed by atoms with Gasteiger partial charge in [-0.15, -0.1) is 0 Å². The second-order valence-electron chi connectivity index (χ2n) is 4.50. The van der Waals surface area contributed by atoms with Crippen LogP contribution in [0.5, 0.6) is 0 Å². The van der Waals surface area contributed by atoms with Crippen molar-refractivity contribution < 1.29 is 14.7 Å². The van der Waals surface area contributed by atoms with Gasteiger partial charge in [0, 0.05) is 13.1 Å². The van der Waals surface area contributed by atoms with E-state index in [0.717, 1.165) is 11.1 Å². The van der Waals surface area contributed by atoms with Crippen molar-refractivity contribution in [2.24, 2.45) is 5.73 Å². The van der Waals surface area contributed by atoms with Crippen LogP contribution in [0.25, 0.3) is 0 Å². The highest BCUT2D eigenvalue weighted by Gasteiger charge is 2.26. The Morgan fingerprint density at radius 2 is 2.06 bits per heavy atom. The third-order valence-electron chi connectivity index (χ3n) is 3.24. The third-order valence-corrected chi connectivity index (χ3v) is 3.24. The number of hydrogen-bond acceptors (Lipinski definition) is 3. The maximum absolute atomic E-state index is 11.9. The standard InChI is InChI=1S/C13H16N2O3/c1-2-11(14)12(16)15-6-9-4-3-8(13(17)18)5-10(9)7-15/h3-5,11H,2,6-7,14H2,1H3,(H,17,18). The number of carbonyl (C=O) groups excluding carboxylic acids is 1. The summed E-state index contributed by atoms with van der Waals surface area (Å²) in [5, 5.41) is 8.92. The fourth-order valence-corrected chi connectivity index (χ4v) is 2.09. The minimum absolute atomic E-state index is 0.0782. The normalized spacial score (nSPS) is 15.3. The average Bonchev–Trinajstić information content (AvgIpc) is 2.79. The lowest BCUT2D eigenvalue weighted by molar-refractivity contribution is -0.133.